The van der Waals surface area contributed by atoms with Crippen molar-refractivity contribution in [2.45, 2.75) is 13.5 Å². The van der Waals surface area contributed by atoms with Crippen LogP contribution in [-0.4, -0.2) is 56.5 Å². The summed E-state index contributed by atoms with van der Waals surface area (Å²) in [4.78, 5) is 34.7. The molecule has 0 unspecified atom stereocenters. The minimum absolute atomic E-state index is 0.0699. The van der Waals surface area contributed by atoms with Crippen LogP contribution < -0.4 is 5.56 Å². The SMILES string of the molecule is Cc1ccc(C(=O)N2CCN(Cc3cc(=O)n4nc(-c5ccccc5)sc4n3)CC2)cc1. The Morgan fingerprint density at radius 2 is 1.72 bits per heavy atom. The van der Waals surface area contributed by atoms with Crippen molar-refractivity contribution in [2.75, 3.05) is 26.2 Å². The fourth-order valence-electron chi connectivity index (χ4n) is 3.85. The largest absolute Gasteiger partial charge is 0.336 e. The average molecular weight is 446 g/mol. The first kappa shape index (κ1) is 20.5. The summed E-state index contributed by atoms with van der Waals surface area (Å²) < 4.78 is 1.37. The van der Waals surface area contributed by atoms with Crippen molar-refractivity contribution in [1.82, 2.24) is 24.4 Å². The molecule has 3 heterocycles. The molecule has 0 saturated carbocycles. The van der Waals surface area contributed by atoms with Crippen LogP contribution >= 0.6 is 11.3 Å². The van der Waals surface area contributed by atoms with E-state index in [2.05, 4.69) is 15.0 Å². The Morgan fingerprint density at radius 3 is 2.44 bits per heavy atom. The van der Waals surface area contributed by atoms with Gasteiger partial charge >= 0.3 is 0 Å². The summed E-state index contributed by atoms with van der Waals surface area (Å²) in [7, 11) is 0. The molecule has 0 N–H and O–H groups in total. The van der Waals surface area contributed by atoms with Crippen LogP contribution in [0.1, 0.15) is 21.6 Å². The van der Waals surface area contributed by atoms with Gasteiger partial charge < -0.3 is 4.90 Å². The first-order valence-corrected chi connectivity index (χ1v) is 11.4. The molecular formula is C24H23N5O2S. The van der Waals surface area contributed by atoms with Crippen LogP contribution in [0.4, 0.5) is 0 Å². The van der Waals surface area contributed by atoms with Crippen molar-refractivity contribution >= 4 is 22.2 Å². The Hall–Kier alpha value is -3.36. The molecule has 0 atom stereocenters. The standard InChI is InChI=1S/C24H23N5O2S/c1-17-7-9-19(10-8-17)23(31)28-13-11-27(12-14-28)16-20-15-21(30)29-24(25-20)32-22(26-29)18-5-3-2-4-6-18/h2-10,15H,11-14,16H2,1H3. The number of carbonyl (C=O) groups is 1. The van der Waals surface area contributed by atoms with E-state index in [1.165, 1.54) is 15.9 Å². The summed E-state index contributed by atoms with van der Waals surface area (Å²) in [6, 6.07) is 19.1. The molecule has 1 amide bonds. The fourth-order valence-corrected chi connectivity index (χ4v) is 4.78. The summed E-state index contributed by atoms with van der Waals surface area (Å²) in [6.07, 6.45) is 0. The molecular weight excluding hydrogens is 422 g/mol. The molecule has 4 aromatic rings. The maximum atomic E-state index is 12.7. The lowest BCUT2D eigenvalue weighted by Gasteiger charge is -2.34. The minimum atomic E-state index is -0.170. The van der Waals surface area contributed by atoms with Gasteiger partial charge in [-0.3, -0.25) is 14.5 Å². The number of benzene rings is 2. The third-order valence-electron chi connectivity index (χ3n) is 5.66. The lowest BCUT2D eigenvalue weighted by atomic mass is 10.1. The van der Waals surface area contributed by atoms with Crippen LogP contribution in [0.25, 0.3) is 15.5 Å². The number of aryl methyl sites for hydroxylation is 1. The molecule has 0 aliphatic carbocycles. The Morgan fingerprint density at radius 1 is 1.00 bits per heavy atom. The third-order valence-corrected chi connectivity index (χ3v) is 6.62. The van der Waals surface area contributed by atoms with Gasteiger partial charge in [-0.25, -0.2) is 4.98 Å². The number of hydrogen-bond donors (Lipinski definition) is 0. The number of aromatic nitrogens is 3. The zero-order valence-electron chi connectivity index (χ0n) is 17.8. The maximum Gasteiger partial charge on any atom is 0.275 e. The number of piperazine rings is 1. The highest BCUT2D eigenvalue weighted by Gasteiger charge is 2.23. The van der Waals surface area contributed by atoms with Gasteiger partial charge in [0.15, 0.2) is 0 Å². The molecule has 32 heavy (non-hydrogen) atoms. The highest BCUT2D eigenvalue weighted by Crippen LogP contribution is 2.24. The predicted octanol–water partition coefficient (Wildman–Crippen LogP) is 3.08. The van der Waals surface area contributed by atoms with E-state index in [9.17, 15) is 9.59 Å². The van der Waals surface area contributed by atoms with E-state index in [-0.39, 0.29) is 11.5 Å². The van der Waals surface area contributed by atoms with Gasteiger partial charge in [0.2, 0.25) is 4.96 Å². The molecule has 1 aliphatic rings. The first-order chi connectivity index (χ1) is 15.6. The lowest BCUT2D eigenvalue weighted by molar-refractivity contribution is 0.0627. The van der Waals surface area contributed by atoms with E-state index < -0.39 is 0 Å². The Bertz CT molecular complexity index is 1310. The predicted molar refractivity (Wildman–Crippen MR) is 125 cm³/mol. The van der Waals surface area contributed by atoms with E-state index >= 15 is 0 Å². The molecule has 2 aromatic heterocycles. The van der Waals surface area contributed by atoms with Gasteiger partial charge in [0.1, 0.15) is 5.01 Å². The fraction of sp³-hybridized carbons (Fsp3) is 0.250. The molecule has 5 rings (SSSR count). The van der Waals surface area contributed by atoms with E-state index in [0.29, 0.717) is 24.6 Å². The van der Waals surface area contributed by atoms with Crippen molar-refractivity contribution in [3.8, 4) is 10.6 Å². The zero-order valence-corrected chi connectivity index (χ0v) is 18.6. The normalized spacial score (nSPS) is 14.7. The van der Waals surface area contributed by atoms with Gasteiger partial charge in [0, 0.05) is 49.9 Å². The zero-order chi connectivity index (χ0) is 22.1. The number of amides is 1. The van der Waals surface area contributed by atoms with Gasteiger partial charge in [-0.05, 0) is 19.1 Å². The lowest BCUT2D eigenvalue weighted by Crippen LogP contribution is -2.48. The quantitative estimate of drug-likeness (QED) is 0.483. The maximum absolute atomic E-state index is 12.7. The van der Waals surface area contributed by atoms with E-state index in [1.807, 2.05) is 66.4 Å². The average Bonchev–Trinajstić information content (AvgIpc) is 3.25. The van der Waals surface area contributed by atoms with Crippen LogP contribution in [0, 0.1) is 6.92 Å². The van der Waals surface area contributed by atoms with Gasteiger partial charge in [-0.15, -0.1) is 0 Å². The van der Waals surface area contributed by atoms with E-state index in [0.717, 1.165) is 40.5 Å². The number of nitrogens with zero attached hydrogens (tertiary/aromatic N) is 5. The molecule has 1 fully saturated rings. The summed E-state index contributed by atoms with van der Waals surface area (Å²) in [6.45, 7) is 5.41. The molecule has 0 bridgehead atoms. The Balaban J connectivity index is 1.27. The second-order valence-corrected chi connectivity index (χ2v) is 8.94. The first-order valence-electron chi connectivity index (χ1n) is 10.6. The van der Waals surface area contributed by atoms with Gasteiger partial charge in [0.05, 0.1) is 5.69 Å². The highest BCUT2D eigenvalue weighted by atomic mass is 32.1. The van der Waals surface area contributed by atoms with Crippen LogP contribution in [0.15, 0.2) is 65.5 Å². The molecule has 1 aliphatic heterocycles. The molecule has 8 heteroatoms. The summed E-state index contributed by atoms with van der Waals surface area (Å²) in [5.41, 5.74) is 3.40. The van der Waals surface area contributed by atoms with Crippen LogP contribution in [0.5, 0.6) is 0 Å². The summed E-state index contributed by atoms with van der Waals surface area (Å²) >= 11 is 1.41. The molecule has 162 valence electrons. The van der Waals surface area contributed by atoms with Crippen molar-refractivity contribution < 1.29 is 4.79 Å². The Kier molecular flexibility index (Phi) is 5.55. The van der Waals surface area contributed by atoms with Crippen molar-refractivity contribution in [3.05, 3.63) is 87.8 Å². The molecule has 2 aromatic carbocycles. The number of carbonyl (C=O) groups excluding carboxylic acids is 1. The Labute approximate surface area is 189 Å². The highest BCUT2D eigenvalue weighted by molar-refractivity contribution is 7.19. The third kappa shape index (κ3) is 4.19. The van der Waals surface area contributed by atoms with Crippen molar-refractivity contribution in [3.63, 3.8) is 0 Å². The monoisotopic (exact) mass is 445 g/mol. The summed E-state index contributed by atoms with van der Waals surface area (Å²) in [5, 5.41) is 5.21. The second kappa shape index (κ2) is 8.64. The summed E-state index contributed by atoms with van der Waals surface area (Å²) in [5.74, 6) is 0.0699. The topological polar surface area (TPSA) is 70.8 Å². The molecule has 7 nitrogen and oxygen atoms in total. The van der Waals surface area contributed by atoms with Gasteiger partial charge in [-0.1, -0.05) is 59.4 Å². The van der Waals surface area contributed by atoms with Crippen LogP contribution in [-0.2, 0) is 6.54 Å². The molecule has 0 spiro atoms. The number of hydrogen-bond acceptors (Lipinski definition) is 6. The van der Waals surface area contributed by atoms with Gasteiger partial charge in [-0.2, -0.15) is 9.61 Å². The minimum Gasteiger partial charge on any atom is -0.336 e. The molecule has 0 radical (unpaired) electrons. The second-order valence-electron chi connectivity index (χ2n) is 7.99. The van der Waals surface area contributed by atoms with Crippen molar-refractivity contribution in [1.29, 1.82) is 0 Å². The van der Waals surface area contributed by atoms with E-state index in [1.54, 1.807) is 6.07 Å². The van der Waals surface area contributed by atoms with Crippen molar-refractivity contribution in [2.24, 2.45) is 0 Å². The van der Waals surface area contributed by atoms with Crippen LogP contribution in [0.3, 0.4) is 0 Å². The molecule has 1 saturated heterocycles. The van der Waals surface area contributed by atoms with E-state index in [4.69, 9.17) is 0 Å². The number of rotatable bonds is 4. The van der Waals surface area contributed by atoms with Gasteiger partial charge in [0.25, 0.3) is 11.5 Å². The number of fused-ring (bicyclic) bond motifs is 1. The van der Waals surface area contributed by atoms with Crippen LogP contribution in [0.2, 0.25) is 0 Å². The smallest absolute Gasteiger partial charge is 0.275 e.